The van der Waals surface area contributed by atoms with Gasteiger partial charge in [0.05, 0.1) is 11.6 Å². The Bertz CT molecular complexity index is 847. The molecule has 25 heavy (non-hydrogen) atoms. The molecule has 0 aliphatic heterocycles. The number of pyridine rings is 1. The Balaban J connectivity index is 2.19. The molecule has 134 valence electrons. The standard InChI is InChI=1S/C17H16ClF3N2O2/c1-10-5-3-4-6-13(10)11(2)22-15(24)9-23-8-12(17(19,20)21)7-14(18)16(23)25/h3-8,11H,9H2,1-2H3,(H,22,24)/t11-/m0/s1. The van der Waals surface area contributed by atoms with Gasteiger partial charge in [-0.15, -0.1) is 0 Å². The molecule has 0 fully saturated rings. The van der Waals surface area contributed by atoms with E-state index in [0.29, 0.717) is 16.8 Å². The predicted octanol–water partition coefficient (Wildman–Crippen LogP) is 3.71. The van der Waals surface area contributed by atoms with Crippen molar-refractivity contribution in [3.63, 3.8) is 0 Å². The van der Waals surface area contributed by atoms with Crippen molar-refractivity contribution in [3.05, 3.63) is 68.6 Å². The zero-order chi connectivity index (χ0) is 18.8. The fraction of sp³-hybridized carbons (Fsp3) is 0.294. The molecule has 0 aliphatic carbocycles. The van der Waals surface area contributed by atoms with E-state index in [-0.39, 0.29) is 6.04 Å². The van der Waals surface area contributed by atoms with Crippen LogP contribution in [0.4, 0.5) is 13.2 Å². The van der Waals surface area contributed by atoms with E-state index in [4.69, 9.17) is 11.6 Å². The minimum atomic E-state index is -4.66. The molecule has 0 spiro atoms. The van der Waals surface area contributed by atoms with E-state index in [1.807, 2.05) is 31.2 Å². The first-order chi connectivity index (χ1) is 11.6. The van der Waals surface area contributed by atoms with Gasteiger partial charge in [-0.25, -0.2) is 0 Å². The fourth-order valence-electron chi connectivity index (χ4n) is 2.46. The lowest BCUT2D eigenvalue weighted by Crippen LogP contribution is -2.34. The molecule has 1 atom stereocenters. The number of hydrogen-bond donors (Lipinski definition) is 1. The number of amides is 1. The molecule has 1 aromatic carbocycles. The number of nitrogens with one attached hydrogen (secondary N) is 1. The van der Waals surface area contributed by atoms with Crippen LogP contribution in [-0.2, 0) is 17.5 Å². The lowest BCUT2D eigenvalue weighted by Gasteiger charge is -2.17. The van der Waals surface area contributed by atoms with Gasteiger partial charge in [-0.2, -0.15) is 13.2 Å². The molecule has 0 unspecified atom stereocenters. The SMILES string of the molecule is Cc1ccccc1[C@H](C)NC(=O)Cn1cc(C(F)(F)F)cc(Cl)c1=O. The molecule has 0 aliphatic rings. The summed E-state index contributed by atoms with van der Waals surface area (Å²) in [5, 5.41) is 2.08. The predicted molar refractivity (Wildman–Crippen MR) is 88.5 cm³/mol. The highest BCUT2D eigenvalue weighted by molar-refractivity contribution is 6.30. The molecule has 2 aromatic rings. The zero-order valence-corrected chi connectivity index (χ0v) is 14.3. The first kappa shape index (κ1) is 19.1. The highest BCUT2D eigenvalue weighted by Gasteiger charge is 2.32. The van der Waals surface area contributed by atoms with Crippen LogP contribution in [0.15, 0.2) is 41.3 Å². The number of carbonyl (C=O) groups is 1. The second kappa shape index (κ2) is 7.31. The molecular weight excluding hydrogens is 357 g/mol. The molecule has 1 amide bonds. The smallest absolute Gasteiger partial charge is 0.348 e. The largest absolute Gasteiger partial charge is 0.417 e. The first-order valence-electron chi connectivity index (χ1n) is 7.41. The second-order valence-electron chi connectivity index (χ2n) is 5.65. The van der Waals surface area contributed by atoms with Gasteiger partial charge in [0.25, 0.3) is 5.56 Å². The average molecular weight is 373 g/mol. The molecule has 8 heteroatoms. The number of benzene rings is 1. The van der Waals surface area contributed by atoms with Gasteiger partial charge in [-0.05, 0) is 31.0 Å². The van der Waals surface area contributed by atoms with E-state index in [0.717, 1.165) is 11.1 Å². The molecule has 1 aromatic heterocycles. The summed E-state index contributed by atoms with van der Waals surface area (Å²) < 4.78 is 39.1. The van der Waals surface area contributed by atoms with E-state index < -0.39 is 34.8 Å². The van der Waals surface area contributed by atoms with Crippen LogP contribution in [0, 0.1) is 6.92 Å². The number of alkyl halides is 3. The Morgan fingerprint density at radius 3 is 2.56 bits per heavy atom. The Hall–Kier alpha value is -2.28. The molecule has 0 radical (unpaired) electrons. The van der Waals surface area contributed by atoms with Crippen LogP contribution in [0.2, 0.25) is 5.02 Å². The second-order valence-corrected chi connectivity index (χ2v) is 6.06. The maximum Gasteiger partial charge on any atom is 0.417 e. The van der Waals surface area contributed by atoms with Gasteiger partial charge in [0.15, 0.2) is 0 Å². The summed E-state index contributed by atoms with van der Waals surface area (Å²) in [6.07, 6.45) is -4.07. The minimum Gasteiger partial charge on any atom is -0.348 e. The monoisotopic (exact) mass is 372 g/mol. The highest BCUT2D eigenvalue weighted by atomic mass is 35.5. The number of aromatic nitrogens is 1. The third-order valence-corrected chi connectivity index (χ3v) is 3.99. The molecule has 0 bridgehead atoms. The summed E-state index contributed by atoms with van der Waals surface area (Å²) in [6.45, 7) is 3.08. The van der Waals surface area contributed by atoms with Crippen LogP contribution in [-0.4, -0.2) is 10.5 Å². The van der Waals surface area contributed by atoms with E-state index in [1.54, 1.807) is 6.92 Å². The summed E-state index contributed by atoms with van der Waals surface area (Å²) in [4.78, 5) is 24.0. The van der Waals surface area contributed by atoms with Crippen molar-refractivity contribution in [1.82, 2.24) is 9.88 Å². The van der Waals surface area contributed by atoms with E-state index in [9.17, 15) is 22.8 Å². The highest BCUT2D eigenvalue weighted by Crippen LogP contribution is 2.29. The summed E-state index contributed by atoms with van der Waals surface area (Å²) in [7, 11) is 0. The number of nitrogens with zero attached hydrogens (tertiary/aromatic N) is 1. The van der Waals surface area contributed by atoms with Gasteiger partial charge in [0, 0.05) is 6.20 Å². The van der Waals surface area contributed by atoms with Crippen LogP contribution >= 0.6 is 11.6 Å². The van der Waals surface area contributed by atoms with E-state index in [1.165, 1.54) is 0 Å². The van der Waals surface area contributed by atoms with Crippen LogP contribution in [0.3, 0.4) is 0 Å². The molecular formula is C17H16ClF3N2O2. The Kier molecular flexibility index (Phi) is 5.57. The molecule has 1 heterocycles. The van der Waals surface area contributed by atoms with Crippen LogP contribution in [0.25, 0.3) is 0 Å². The molecule has 0 saturated carbocycles. The fourth-order valence-corrected chi connectivity index (χ4v) is 2.69. The Labute approximate surface area is 147 Å². The van der Waals surface area contributed by atoms with Crippen molar-refractivity contribution in [2.45, 2.75) is 32.6 Å². The van der Waals surface area contributed by atoms with Crippen molar-refractivity contribution in [1.29, 1.82) is 0 Å². The van der Waals surface area contributed by atoms with Crippen LogP contribution in [0.5, 0.6) is 0 Å². The average Bonchev–Trinajstić information content (AvgIpc) is 2.50. The molecule has 0 saturated heterocycles. The lowest BCUT2D eigenvalue weighted by molar-refractivity contribution is -0.138. The maximum atomic E-state index is 12.8. The van der Waals surface area contributed by atoms with Crippen molar-refractivity contribution in [2.75, 3.05) is 0 Å². The molecule has 4 nitrogen and oxygen atoms in total. The van der Waals surface area contributed by atoms with Gasteiger partial charge in [-0.1, -0.05) is 35.9 Å². The third kappa shape index (κ3) is 4.63. The summed E-state index contributed by atoms with van der Waals surface area (Å²) in [5.74, 6) is -0.590. The molecule has 1 N–H and O–H groups in total. The number of halogens is 4. The summed E-state index contributed by atoms with van der Waals surface area (Å²) in [5.41, 5.74) is -0.0925. The molecule has 2 rings (SSSR count). The number of carbonyl (C=O) groups excluding carboxylic acids is 1. The van der Waals surface area contributed by atoms with Crippen molar-refractivity contribution >= 4 is 17.5 Å². The van der Waals surface area contributed by atoms with Gasteiger partial charge >= 0.3 is 6.18 Å². The minimum absolute atomic E-state index is 0.356. The Morgan fingerprint density at radius 1 is 1.32 bits per heavy atom. The maximum absolute atomic E-state index is 12.8. The normalized spacial score (nSPS) is 12.7. The van der Waals surface area contributed by atoms with Crippen LogP contribution in [0.1, 0.15) is 29.7 Å². The van der Waals surface area contributed by atoms with Gasteiger partial charge in [0.1, 0.15) is 11.6 Å². The van der Waals surface area contributed by atoms with Gasteiger partial charge in [0.2, 0.25) is 5.91 Å². The van der Waals surface area contributed by atoms with E-state index >= 15 is 0 Å². The topological polar surface area (TPSA) is 51.1 Å². The first-order valence-corrected chi connectivity index (χ1v) is 7.79. The lowest BCUT2D eigenvalue weighted by atomic mass is 10.0. The zero-order valence-electron chi connectivity index (χ0n) is 13.5. The van der Waals surface area contributed by atoms with Crippen molar-refractivity contribution in [2.24, 2.45) is 0 Å². The summed E-state index contributed by atoms with van der Waals surface area (Å²) >= 11 is 5.57. The van der Waals surface area contributed by atoms with Gasteiger partial charge in [-0.3, -0.25) is 9.59 Å². The summed E-state index contributed by atoms with van der Waals surface area (Å²) in [6, 6.07) is 7.60. The van der Waals surface area contributed by atoms with Crippen LogP contribution < -0.4 is 10.9 Å². The van der Waals surface area contributed by atoms with E-state index in [2.05, 4.69) is 5.32 Å². The van der Waals surface area contributed by atoms with Crippen molar-refractivity contribution in [3.8, 4) is 0 Å². The third-order valence-electron chi connectivity index (χ3n) is 3.72. The quantitative estimate of drug-likeness (QED) is 0.889. The Morgan fingerprint density at radius 2 is 1.96 bits per heavy atom. The number of rotatable bonds is 4. The number of aryl methyl sites for hydroxylation is 1. The van der Waals surface area contributed by atoms with Crippen molar-refractivity contribution < 1.29 is 18.0 Å². The van der Waals surface area contributed by atoms with Gasteiger partial charge < -0.3 is 9.88 Å². The number of hydrogen-bond acceptors (Lipinski definition) is 2.